The van der Waals surface area contributed by atoms with Crippen LogP contribution in [0.5, 0.6) is 0 Å². The lowest BCUT2D eigenvalue weighted by molar-refractivity contribution is -0.140. The fourth-order valence-corrected chi connectivity index (χ4v) is 5.61. The number of carbonyl (C=O) groups excluding carboxylic acids is 2. The standard InChI is InChI=1S/C28H33Cl2N3O4S/c1-5-19(3)31-28(35)25(6-2)32(17-22-23(29)14-10-15-24(22)30)27(34)18-33(38(4,36)37)26-16-9-12-20-11-7-8-13-21(20)26/h7-16,19,25H,5-6,17-18H2,1-4H3,(H,31,35). The van der Waals surface area contributed by atoms with Gasteiger partial charge in [0.25, 0.3) is 0 Å². The quantitative estimate of drug-likeness (QED) is 0.319. The van der Waals surface area contributed by atoms with Crippen LogP contribution < -0.4 is 9.62 Å². The van der Waals surface area contributed by atoms with E-state index in [1.54, 1.807) is 37.3 Å². The van der Waals surface area contributed by atoms with Crippen LogP contribution in [-0.2, 0) is 26.2 Å². The molecule has 0 aliphatic carbocycles. The summed E-state index contributed by atoms with van der Waals surface area (Å²) in [4.78, 5) is 28.6. The van der Waals surface area contributed by atoms with Gasteiger partial charge >= 0.3 is 0 Å². The van der Waals surface area contributed by atoms with E-state index in [4.69, 9.17) is 23.2 Å². The predicted molar refractivity (Wildman–Crippen MR) is 155 cm³/mol. The molecule has 0 bridgehead atoms. The van der Waals surface area contributed by atoms with Crippen molar-refractivity contribution in [2.45, 2.75) is 52.2 Å². The van der Waals surface area contributed by atoms with Gasteiger partial charge in [-0.05, 0) is 43.4 Å². The lowest BCUT2D eigenvalue weighted by Crippen LogP contribution is -2.53. The number of hydrogen-bond acceptors (Lipinski definition) is 4. The van der Waals surface area contributed by atoms with Crippen molar-refractivity contribution in [3.63, 3.8) is 0 Å². The number of carbonyl (C=O) groups is 2. The molecule has 2 atom stereocenters. The van der Waals surface area contributed by atoms with E-state index in [0.717, 1.165) is 22.4 Å². The Kier molecular flexibility index (Phi) is 10.0. The Hall–Kier alpha value is -2.81. The second-order valence-corrected chi connectivity index (χ2v) is 12.0. The molecular weight excluding hydrogens is 545 g/mol. The highest BCUT2D eigenvalue weighted by Gasteiger charge is 2.33. The molecule has 3 aromatic carbocycles. The van der Waals surface area contributed by atoms with Crippen LogP contribution >= 0.6 is 23.2 Å². The van der Waals surface area contributed by atoms with E-state index in [-0.39, 0.29) is 18.5 Å². The average Bonchev–Trinajstić information content (AvgIpc) is 2.87. The number of rotatable bonds is 11. The van der Waals surface area contributed by atoms with E-state index >= 15 is 0 Å². The summed E-state index contributed by atoms with van der Waals surface area (Å²) >= 11 is 12.8. The van der Waals surface area contributed by atoms with Crippen molar-refractivity contribution in [1.29, 1.82) is 0 Å². The van der Waals surface area contributed by atoms with Gasteiger partial charge in [-0.25, -0.2) is 8.42 Å². The molecule has 2 amide bonds. The molecular formula is C28H33Cl2N3O4S. The third-order valence-corrected chi connectivity index (χ3v) is 8.33. The Balaban J connectivity index is 2.07. The molecule has 204 valence electrons. The van der Waals surface area contributed by atoms with E-state index < -0.39 is 28.5 Å². The van der Waals surface area contributed by atoms with Crippen LogP contribution in [0.25, 0.3) is 10.8 Å². The Morgan fingerprint density at radius 3 is 2.13 bits per heavy atom. The first-order valence-corrected chi connectivity index (χ1v) is 15.1. The molecule has 2 unspecified atom stereocenters. The molecule has 0 heterocycles. The smallest absolute Gasteiger partial charge is 0.244 e. The number of amides is 2. The zero-order valence-corrected chi connectivity index (χ0v) is 24.3. The maximum Gasteiger partial charge on any atom is 0.244 e. The third-order valence-electron chi connectivity index (χ3n) is 6.49. The number of nitrogens with zero attached hydrogens (tertiary/aromatic N) is 2. The summed E-state index contributed by atoms with van der Waals surface area (Å²) < 4.78 is 27.1. The number of benzene rings is 3. The first kappa shape index (κ1) is 29.7. The second-order valence-electron chi connectivity index (χ2n) is 9.23. The van der Waals surface area contributed by atoms with Crippen LogP contribution in [0.1, 0.15) is 39.2 Å². The third kappa shape index (κ3) is 6.98. The van der Waals surface area contributed by atoms with Crippen molar-refractivity contribution in [3.05, 3.63) is 76.3 Å². The van der Waals surface area contributed by atoms with Crippen LogP contribution in [0.3, 0.4) is 0 Å². The molecule has 0 aromatic heterocycles. The minimum absolute atomic E-state index is 0.0586. The zero-order valence-electron chi connectivity index (χ0n) is 21.9. The molecule has 10 heteroatoms. The van der Waals surface area contributed by atoms with Gasteiger partial charge in [0.2, 0.25) is 21.8 Å². The number of hydrogen-bond donors (Lipinski definition) is 1. The summed E-state index contributed by atoms with van der Waals surface area (Å²) in [5, 5.41) is 5.17. The molecule has 0 spiro atoms. The number of sulfonamides is 1. The van der Waals surface area contributed by atoms with Crippen LogP contribution in [0.4, 0.5) is 5.69 Å². The van der Waals surface area contributed by atoms with Gasteiger partial charge in [-0.2, -0.15) is 0 Å². The molecule has 7 nitrogen and oxygen atoms in total. The van der Waals surface area contributed by atoms with Crippen molar-refractivity contribution in [1.82, 2.24) is 10.2 Å². The van der Waals surface area contributed by atoms with E-state index in [2.05, 4.69) is 5.32 Å². The number of nitrogens with one attached hydrogen (secondary N) is 1. The highest BCUT2D eigenvalue weighted by Crippen LogP contribution is 2.30. The fourth-order valence-electron chi connectivity index (χ4n) is 4.23. The van der Waals surface area contributed by atoms with Crippen molar-refractivity contribution in [3.8, 4) is 0 Å². The maximum atomic E-state index is 14.0. The Morgan fingerprint density at radius 1 is 0.921 bits per heavy atom. The first-order chi connectivity index (χ1) is 18.0. The molecule has 3 rings (SSSR count). The summed E-state index contributed by atoms with van der Waals surface area (Å²) in [6.45, 7) is 5.08. The molecule has 0 aliphatic heterocycles. The fraction of sp³-hybridized carbons (Fsp3) is 0.357. The van der Waals surface area contributed by atoms with Gasteiger partial charge in [0, 0.05) is 33.6 Å². The minimum Gasteiger partial charge on any atom is -0.352 e. The monoisotopic (exact) mass is 577 g/mol. The maximum absolute atomic E-state index is 14.0. The van der Waals surface area contributed by atoms with Gasteiger partial charge in [0.15, 0.2) is 0 Å². The molecule has 0 radical (unpaired) electrons. The van der Waals surface area contributed by atoms with Crippen LogP contribution in [0.2, 0.25) is 10.0 Å². The largest absolute Gasteiger partial charge is 0.352 e. The topological polar surface area (TPSA) is 86.8 Å². The molecule has 0 saturated carbocycles. The highest BCUT2D eigenvalue weighted by molar-refractivity contribution is 7.92. The van der Waals surface area contributed by atoms with Crippen molar-refractivity contribution < 1.29 is 18.0 Å². The van der Waals surface area contributed by atoms with Crippen molar-refractivity contribution in [2.75, 3.05) is 17.1 Å². The summed E-state index contributed by atoms with van der Waals surface area (Å²) in [5.41, 5.74) is 0.863. The van der Waals surface area contributed by atoms with E-state index in [9.17, 15) is 18.0 Å². The minimum atomic E-state index is -3.87. The second kappa shape index (κ2) is 12.8. The lowest BCUT2D eigenvalue weighted by atomic mass is 10.1. The predicted octanol–water partition coefficient (Wildman–Crippen LogP) is 5.63. The number of fused-ring (bicyclic) bond motifs is 1. The molecule has 0 saturated heterocycles. The van der Waals surface area contributed by atoms with Crippen LogP contribution in [-0.4, -0.2) is 50.0 Å². The SMILES string of the molecule is CCC(C)NC(=O)C(CC)N(Cc1c(Cl)cccc1Cl)C(=O)CN(c1cccc2ccccc12)S(C)(=O)=O. The van der Waals surface area contributed by atoms with E-state index in [1.165, 1.54) is 4.90 Å². The van der Waals surface area contributed by atoms with E-state index in [0.29, 0.717) is 33.1 Å². The Morgan fingerprint density at radius 2 is 1.53 bits per heavy atom. The molecule has 1 N–H and O–H groups in total. The summed E-state index contributed by atoms with van der Waals surface area (Å²) in [7, 11) is -3.87. The normalized spacial score (nSPS) is 13.1. The summed E-state index contributed by atoms with van der Waals surface area (Å²) in [6.07, 6.45) is 2.09. The molecule has 38 heavy (non-hydrogen) atoms. The first-order valence-electron chi connectivity index (χ1n) is 12.5. The lowest BCUT2D eigenvalue weighted by Gasteiger charge is -2.34. The van der Waals surface area contributed by atoms with Gasteiger partial charge in [-0.15, -0.1) is 0 Å². The molecule has 0 fully saturated rings. The average molecular weight is 579 g/mol. The summed E-state index contributed by atoms with van der Waals surface area (Å²) in [5.74, 6) is -0.875. The number of anilines is 1. The highest BCUT2D eigenvalue weighted by atomic mass is 35.5. The van der Waals surface area contributed by atoms with Gasteiger partial charge in [0.1, 0.15) is 12.6 Å². The molecule has 3 aromatic rings. The van der Waals surface area contributed by atoms with Gasteiger partial charge in [-0.3, -0.25) is 13.9 Å². The molecule has 0 aliphatic rings. The Labute approximate surface area is 234 Å². The van der Waals surface area contributed by atoms with E-state index in [1.807, 2.05) is 44.2 Å². The van der Waals surface area contributed by atoms with Crippen LogP contribution in [0.15, 0.2) is 60.7 Å². The van der Waals surface area contributed by atoms with Gasteiger partial charge in [-0.1, -0.05) is 79.5 Å². The Bertz CT molecular complexity index is 1390. The summed E-state index contributed by atoms with van der Waals surface area (Å²) in [6, 6.07) is 16.7. The van der Waals surface area contributed by atoms with Crippen molar-refractivity contribution >= 4 is 61.5 Å². The van der Waals surface area contributed by atoms with Gasteiger partial charge < -0.3 is 10.2 Å². The number of halogens is 2. The van der Waals surface area contributed by atoms with Gasteiger partial charge in [0.05, 0.1) is 11.9 Å². The van der Waals surface area contributed by atoms with Crippen molar-refractivity contribution in [2.24, 2.45) is 0 Å². The zero-order chi connectivity index (χ0) is 28.0. The van der Waals surface area contributed by atoms with Crippen LogP contribution in [0, 0.1) is 0 Å².